The Bertz CT molecular complexity index is 695. The predicted octanol–water partition coefficient (Wildman–Crippen LogP) is 3.57. The number of hydrogen-bond acceptors (Lipinski definition) is 3. The summed E-state index contributed by atoms with van der Waals surface area (Å²) >= 11 is 0. The molecule has 2 aliphatic rings. The Kier molecular flexibility index (Phi) is 5.59. The first kappa shape index (κ1) is 18.4. The van der Waals surface area contributed by atoms with Crippen LogP contribution in [0.15, 0.2) is 24.3 Å². The fourth-order valence-electron chi connectivity index (χ4n) is 4.26. The second-order valence-electron chi connectivity index (χ2n) is 7.56. The molecule has 1 saturated heterocycles. The largest absolute Gasteiger partial charge is 0.481 e. The van der Waals surface area contributed by atoms with Gasteiger partial charge in [-0.2, -0.15) is 0 Å². The number of carbonyl (C=O) groups is 3. The van der Waals surface area contributed by atoms with E-state index in [-0.39, 0.29) is 24.7 Å². The molecule has 0 bridgehead atoms. The average Bonchev–Trinajstić information content (AvgIpc) is 3.01. The Labute approximate surface area is 153 Å². The van der Waals surface area contributed by atoms with E-state index in [4.69, 9.17) is 0 Å². The van der Waals surface area contributed by atoms with Crippen LogP contribution >= 0.6 is 0 Å². The van der Waals surface area contributed by atoms with Gasteiger partial charge in [0.15, 0.2) is 0 Å². The van der Waals surface area contributed by atoms with E-state index in [1.54, 1.807) is 11.0 Å². The van der Waals surface area contributed by atoms with Gasteiger partial charge in [-0.3, -0.25) is 14.4 Å². The maximum atomic E-state index is 12.6. The summed E-state index contributed by atoms with van der Waals surface area (Å²) in [5, 5.41) is 12.1. The third-order valence-corrected chi connectivity index (χ3v) is 5.49. The van der Waals surface area contributed by atoms with E-state index in [0.717, 1.165) is 44.2 Å². The fraction of sp³-hybridized carbons (Fsp3) is 0.550. The second kappa shape index (κ2) is 7.89. The third kappa shape index (κ3) is 4.42. The molecule has 26 heavy (non-hydrogen) atoms. The van der Waals surface area contributed by atoms with E-state index in [2.05, 4.69) is 5.32 Å². The molecule has 2 fully saturated rings. The van der Waals surface area contributed by atoms with E-state index in [1.165, 1.54) is 0 Å². The molecule has 3 rings (SSSR count). The lowest BCUT2D eigenvalue weighted by Gasteiger charge is -2.35. The quantitative estimate of drug-likeness (QED) is 0.814. The van der Waals surface area contributed by atoms with E-state index in [1.807, 2.05) is 18.2 Å². The number of carbonyl (C=O) groups excluding carboxylic acids is 2. The topological polar surface area (TPSA) is 86.7 Å². The van der Waals surface area contributed by atoms with Crippen LogP contribution < -0.4 is 10.2 Å². The van der Waals surface area contributed by atoms with Gasteiger partial charge in [-0.25, -0.2) is 0 Å². The summed E-state index contributed by atoms with van der Waals surface area (Å²) in [5.41, 5.74) is 1.01. The molecule has 140 valence electrons. The lowest BCUT2D eigenvalue weighted by molar-refractivity contribution is -0.141. The van der Waals surface area contributed by atoms with Gasteiger partial charge in [0.2, 0.25) is 11.8 Å². The molecule has 1 aromatic rings. The number of rotatable bonds is 6. The lowest BCUT2D eigenvalue weighted by atomic mass is 9.69. The molecule has 1 heterocycles. The minimum Gasteiger partial charge on any atom is -0.481 e. The van der Waals surface area contributed by atoms with Crippen LogP contribution in [0.2, 0.25) is 0 Å². The van der Waals surface area contributed by atoms with Gasteiger partial charge in [0.25, 0.3) is 0 Å². The first-order chi connectivity index (χ1) is 12.5. The summed E-state index contributed by atoms with van der Waals surface area (Å²) in [7, 11) is 0. The number of amides is 2. The van der Waals surface area contributed by atoms with Crippen molar-refractivity contribution in [2.45, 2.75) is 57.8 Å². The highest BCUT2D eigenvalue weighted by Crippen LogP contribution is 2.42. The Morgan fingerprint density at radius 1 is 1.12 bits per heavy atom. The normalized spacial score (nSPS) is 19.4. The number of nitrogens with one attached hydrogen (secondary N) is 1. The first-order valence-corrected chi connectivity index (χ1v) is 9.40. The maximum Gasteiger partial charge on any atom is 0.303 e. The maximum absolute atomic E-state index is 12.6. The molecule has 6 nitrogen and oxygen atoms in total. The van der Waals surface area contributed by atoms with E-state index in [9.17, 15) is 19.5 Å². The zero-order chi connectivity index (χ0) is 18.6. The minimum atomic E-state index is -0.839. The number of aliphatic carboxylic acids is 1. The van der Waals surface area contributed by atoms with Crippen molar-refractivity contribution in [1.29, 1.82) is 0 Å². The molecule has 0 radical (unpaired) electrons. The Balaban J connectivity index is 1.67. The standard InChI is InChI=1S/C20H26N2O4/c23-17(13-20(14-19(25)26)9-2-1-3-10-20)21-15-6-4-7-16(12-15)22-11-5-8-18(22)24/h4,6-7,12H,1-3,5,8-11,13-14H2,(H,21,23)(H,25,26). The molecule has 2 amide bonds. The van der Waals surface area contributed by atoms with Crippen molar-refractivity contribution in [3.05, 3.63) is 24.3 Å². The number of carboxylic acid groups (broad SMARTS) is 1. The zero-order valence-corrected chi connectivity index (χ0v) is 15.0. The smallest absolute Gasteiger partial charge is 0.303 e. The van der Waals surface area contributed by atoms with E-state index < -0.39 is 11.4 Å². The molecule has 1 aliphatic heterocycles. The number of carboxylic acids is 1. The number of hydrogen-bond donors (Lipinski definition) is 2. The van der Waals surface area contributed by atoms with Gasteiger partial charge < -0.3 is 15.3 Å². The van der Waals surface area contributed by atoms with Crippen LogP contribution in [-0.4, -0.2) is 29.4 Å². The predicted molar refractivity (Wildman–Crippen MR) is 99.0 cm³/mol. The van der Waals surface area contributed by atoms with Crippen LogP contribution in [0.4, 0.5) is 11.4 Å². The fourth-order valence-corrected chi connectivity index (χ4v) is 4.26. The van der Waals surface area contributed by atoms with Crippen LogP contribution in [0.3, 0.4) is 0 Å². The van der Waals surface area contributed by atoms with Crippen molar-refractivity contribution in [2.24, 2.45) is 5.41 Å². The molecule has 2 N–H and O–H groups in total. The molecular weight excluding hydrogens is 332 g/mol. The van der Waals surface area contributed by atoms with Crippen LogP contribution in [0, 0.1) is 5.41 Å². The van der Waals surface area contributed by atoms with Crippen molar-refractivity contribution in [1.82, 2.24) is 0 Å². The first-order valence-electron chi connectivity index (χ1n) is 9.40. The highest BCUT2D eigenvalue weighted by atomic mass is 16.4. The van der Waals surface area contributed by atoms with Gasteiger partial charge in [0, 0.05) is 30.8 Å². The SMILES string of the molecule is O=C(O)CC1(CC(=O)Nc2cccc(N3CCCC3=O)c2)CCCCC1. The van der Waals surface area contributed by atoms with Crippen molar-refractivity contribution < 1.29 is 19.5 Å². The van der Waals surface area contributed by atoms with Gasteiger partial charge in [-0.1, -0.05) is 25.3 Å². The summed E-state index contributed by atoms with van der Waals surface area (Å²) in [6.07, 6.45) is 6.33. The third-order valence-electron chi connectivity index (χ3n) is 5.49. The molecule has 1 saturated carbocycles. The van der Waals surface area contributed by atoms with Crippen molar-refractivity contribution in [2.75, 3.05) is 16.8 Å². The summed E-state index contributed by atoms with van der Waals surface area (Å²) in [5.74, 6) is -0.886. The molecule has 0 spiro atoms. The highest BCUT2D eigenvalue weighted by Gasteiger charge is 2.36. The van der Waals surface area contributed by atoms with Crippen molar-refractivity contribution in [3.8, 4) is 0 Å². The summed E-state index contributed by atoms with van der Waals surface area (Å²) in [6, 6.07) is 7.30. The van der Waals surface area contributed by atoms with Crippen LogP contribution in [0.5, 0.6) is 0 Å². The second-order valence-corrected chi connectivity index (χ2v) is 7.56. The van der Waals surface area contributed by atoms with Gasteiger partial charge in [-0.15, -0.1) is 0 Å². The van der Waals surface area contributed by atoms with Crippen molar-refractivity contribution >= 4 is 29.2 Å². The van der Waals surface area contributed by atoms with Crippen LogP contribution in [0.25, 0.3) is 0 Å². The minimum absolute atomic E-state index is 0.0444. The summed E-state index contributed by atoms with van der Waals surface area (Å²) in [4.78, 5) is 37.5. The molecular formula is C20H26N2O4. The van der Waals surface area contributed by atoms with Gasteiger partial charge in [-0.05, 0) is 42.9 Å². The number of benzene rings is 1. The Morgan fingerprint density at radius 2 is 1.88 bits per heavy atom. The molecule has 0 atom stereocenters. The average molecular weight is 358 g/mol. The van der Waals surface area contributed by atoms with Gasteiger partial charge >= 0.3 is 5.97 Å². The summed E-state index contributed by atoms with van der Waals surface area (Å²) in [6.45, 7) is 0.706. The number of nitrogens with zero attached hydrogens (tertiary/aromatic N) is 1. The Morgan fingerprint density at radius 3 is 2.54 bits per heavy atom. The van der Waals surface area contributed by atoms with Crippen molar-refractivity contribution in [3.63, 3.8) is 0 Å². The molecule has 0 aromatic heterocycles. The Hall–Kier alpha value is -2.37. The monoisotopic (exact) mass is 358 g/mol. The van der Waals surface area contributed by atoms with Crippen LogP contribution in [0.1, 0.15) is 57.8 Å². The number of anilines is 2. The van der Waals surface area contributed by atoms with E-state index >= 15 is 0 Å². The van der Waals surface area contributed by atoms with E-state index in [0.29, 0.717) is 18.7 Å². The van der Waals surface area contributed by atoms with Gasteiger partial charge in [0.1, 0.15) is 0 Å². The molecule has 6 heteroatoms. The molecule has 1 aromatic carbocycles. The molecule has 1 aliphatic carbocycles. The van der Waals surface area contributed by atoms with Crippen LogP contribution in [-0.2, 0) is 14.4 Å². The van der Waals surface area contributed by atoms with Gasteiger partial charge in [0.05, 0.1) is 6.42 Å². The molecule has 0 unspecified atom stereocenters. The zero-order valence-electron chi connectivity index (χ0n) is 15.0. The summed E-state index contributed by atoms with van der Waals surface area (Å²) < 4.78 is 0. The lowest BCUT2D eigenvalue weighted by Crippen LogP contribution is -2.32. The highest BCUT2D eigenvalue weighted by molar-refractivity contribution is 5.97.